The van der Waals surface area contributed by atoms with E-state index in [2.05, 4.69) is 10.6 Å². The molecule has 0 fully saturated rings. The first kappa shape index (κ1) is 26.4. The molecule has 2 N–H and O–H groups in total. The SMILES string of the molecule is COc1ccc(Cl)cc1NC(=O)/C(C#N)=C/c1ccc(OCC(=O)Nc2ccccc2Cl)c(OC)c1. The molecule has 0 saturated heterocycles. The maximum Gasteiger partial charge on any atom is 0.266 e. The molecule has 0 aliphatic carbocycles. The summed E-state index contributed by atoms with van der Waals surface area (Å²) in [5.74, 6) is -0.0477. The van der Waals surface area contributed by atoms with Gasteiger partial charge in [-0.1, -0.05) is 41.4 Å². The Bertz CT molecular complexity index is 1350. The van der Waals surface area contributed by atoms with Gasteiger partial charge in [0.1, 0.15) is 17.4 Å². The number of nitrogens with zero attached hydrogens (tertiary/aromatic N) is 1. The van der Waals surface area contributed by atoms with Gasteiger partial charge in [-0.05, 0) is 54.1 Å². The highest BCUT2D eigenvalue weighted by Gasteiger charge is 2.15. The molecular weight excluding hydrogens is 505 g/mol. The van der Waals surface area contributed by atoms with Crippen molar-refractivity contribution in [3.63, 3.8) is 0 Å². The highest BCUT2D eigenvalue weighted by molar-refractivity contribution is 6.33. The van der Waals surface area contributed by atoms with Crippen molar-refractivity contribution in [2.24, 2.45) is 0 Å². The van der Waals surface area contributed by atoms with E-state index in [1.807, 2.05) is 6.07 Å². The van der Waals surface area contributed by atoms with E-state index in [9.17, 15) is 14.9 Å². The number of anilines is 2. The topological polar surface area (TPSA) is 110 Å². The number of benzene rings is 3. The second kappa shape index (κ2) is 12.5. The average molecular weight is 526 g/mol. The van der Waals surface area contributed by atoms with E-state index < -0.39 is 11.8 Å². The lowest BCUT2D eigenvalue weighted by molar-refractivity contribution is -0.118. The fourth-order valence-corrected chi connectivity index (χ4v) is 3.42. The molecule has 0 radical (unpaired) electrons. The molecule has 184 valence electrons. The first-order valence-electron chi connectivity index (χ1n) is 10.5. The molecular formula is C26H21Cl2N3O5. The summed E-state index contributed by atoms with van der Waals surface area (Å²) in [7, 11) is 2.89. The number of methoxy groups -OCH3 is 2. The minimum atomic E-state index is -0.645. The van der Waals surface area contributed by atoms with Crippen LogP contribution in [0.1, 0.15) is 5.56 Å². The molecule has 0 spiro atoms. The molecule has 0 saturated carbocycles. The van der Waals surface area contributed by atoms with E-state index in [1.54, 1.807) is 54.6 Å². The van der Waals surface area contributed by atoms with Gasteiger partial charge < -0.3 is 24.8 Å². The second-order valence-electron chi connectivity index (χ2n) is 7.20. The van der Waals surface area contributed by atoms with Crippen molar-refractivity contribution < 1.29 is 23.8 Å². The number of carbonyl (C=O) groups excluding carboxylic acids is 2. The Morgan fingerprint density at radius 2 is 1.64 bits per heavy atom. The third-order valence-electron chi connectivity index (χ3n) is 4.78. The van der Waals surface area contributed by atoms with E-state index in [-0.39, 0.29) is 12.2 Å². The summed E-state index contributed by atoms with van der Waals surface area (Å²) >= 11 is 12.0. The molecule has 8 nitrogen and oxygen atoms in total. The molecule has 0 aliphatic heterocycles. The highest BCUT2D eigenvalue weighted by atomic mass is 35.5. The number of amides is 2. The molecule has 0 aromatic heterocycles. The zero-order chi connectivity index (χ0) is 26.1. The highest BCUT2D eigenvalue weighted by Crippen LogP contribution is 2.30. The summed E-state index contributed by atoms with van der Waals surface area (Å²) in [6.07, 6.45) is 1.39. The van der Waals surface area contributed by atoms with Crippen molar-refractivity contribution >= 4 is 52.5 Å². The van der Waals surface area contributed by atoms with Crippen molar-refractivity contribution in [3.05, 3.63) is 81.8 Å². The maximum absolute atomic E-state index is 12.7. The number of ether oxygens (including phenoxy) is 3. The van der Waals surface area contributed by atoms with Crippen molar-refractivity contribution in [1.82, 2.24) is 0 Å². The van der Waals surface area contributed by atoms with Crippen molar-refractivity contribution in [3.8, 4) is 23.3 Å². The van der Waals surface area contributed by atoms with Crippen LogP contribution in [-0.4, -0.2) is 32.6 Å². The quantitative estimate of drug-likeness (QED) is 0.279. The Balaban J connectivity index is 1.71. The molecule has 3 rings (SSSR count). The first-order chi connectivity index (χ1) is 17.3. The van der Waals surface area contributed by atoms with Crippen molar-refractivity contribution in [1.29, 1.82) is 5.26 Å². The van der Waals surface area contributed by atoms with Crippen LogP contribution in [0, 0.1) is 11.3 Å². The fraction of sp³-hybridized carbons (Fsp3) is 0.115. The predicted molar refractivity (Wildman–Crippen MR) is 139 cm³/mol. The minimum absolute atomic E-state index is 0.160. The van der Waals surface area contributed by atoms with Gasteiger partial charge in [0.2, 0.25) is 0 Å². The number of hydrogen-bond acceptors (Lipinski definition) is 6. The molecule has 0 bridgehead atoms. The summed E-state index contributed by atoms with van der Waals surface area (Å²) in [4.78, 5) is 24.9. The Labute approximate surface area is 218 Å². The summed E-state index contributed by atoms with van der Waals surface area (Å²) in [5.41, 5.74) is 1.14. The summed E-state index contributed by atoms with van der Waals surface area (Å²) < 4.78 is 16.1. The minimum Gasteiger partial charge on any atom is -0.495 e. The number of nitriles is 1. The van der Waals surface area contributed by atoms with Crippen LogP contribution in [0.4, 0.5) is 11.4 Å². The number of nitrogens with one attached hydrogen (secondary N) is 2. The lowest BCUT2D eigenvalue weighted by atomic mass is 10.1. The molecule has 3 aromatic rings. The van der Waals surface area contributed by atoms with Gasteiger partial charge in [0.15, 0.2) is 18.1 Å². The number of hydrogen-bond donors (Lipinski definition) is 2. The van der Waals surface area contributed by atoms with E-state index in [0.29, 0.717) is 44.2 Å². The molecule has 2 amide bonds. The molecule has 0 unspecified atom stereocenters. The van der Waals surface area contributed by atoms with Gasteiger partial charge in [0.05, 0.1) is 30.6 Å². The molecule has 0 aliphatic rings. The molecule has 3 aromatic carbocycles. The van der Waals surface area contributed by atoms with E-state index in [0.717, 1.165) is 0 Å². The van der Waals surface area contributed by atoms with Gasteiger partial charge in [-0.2, -0.15) is 5.26 Å². The van der Waals surface area contributed by atoms with E-state index in [1.165, 1.54) is 26.4 Å². The second-order valence-corrected chi connectivity index (χ2v) is 8.04. The van der Waals surface area contributed by atoms with Crippen LogP contribution < -0.4 is 24.8 Å². The normalized spacial score (nSPS) is 10.7. The third-order valence-corrected chi connectivity index (χ3v) is 5.34. The van der Waals surface area contributed by atoms with Gasteiger partial charge in [-0.15, -0.1) is 0 Å². The predicted octanol–water partition coefficient (Wildman–Crippen LogP) is 5.57. The van der Waals surface area contributed by atoms with Crippen LogP contribution in [0.3, 0.4) is 0 Å². The zero-order valence-electron chi connectivity index (χ0n) is 19.3. The van der Waals surface area contributed by atoms with Gasteiger partial charge in [0.25, 0.3) is 11.8 Å². The summed E-state index contributed by atoms with van der Waals surface area (Å²) in [6.45, 7) is -0.288. The summed E-state index contributed by atoms with van der Waals surface area (Å²) in [5, 5.41) is 15.6. The largest absolute Gasteiger partial charge is 0.495 e. The van der Waals surface area contributed by atoms with Crippen LogP contribution in [0.2, 0.25) is 10.0 Å². The van der Waals surface area contributed by atoms with Crippen LogP contribution in [-0.2, 0) is 9.59 Å². The Hall–Kier alpha value is -4.19. The lowest BCUT2D eigenvalue weighted by Gasteiger charge is -2.12. The van der Waals surface area contributed by atoms with E-state index in [4.69, 9.17) is 37.4 Å². The van der Waals surface area contributed by atoms with Gasteiger partial charge in [-0.25, -0.2) is 0 Å². The van der Waals surface area contributed by atoms with Crippen LogP contribution in [0.15, 0.2) is 66.2 Å². The van der Waals surface area contributed by atoms with Gasteiger partial charge >= 0.3 is 0 Å². The van der Waals surface area contributed by atoms with Crippen LogP contribution >= 0.6 is 23.2 Å². The molecule has 0 heterocycles. The maximum atomic E-state index is 12.7. The lowest BCUT2D eigenvalue weighted by Crippen LogP contribution is -2.20. The first-order valence-corrected chi connectivity index (χ1v) is 11.2. The number of carbonyl (C=O) groups is 2. The zero-order valence-corrected chi connectivity index (χ0v) is 20.8. The number of rotatable bonds is 9. The Morgan fingerprint density at radius 1 is 0.917 bits per heavy atom. The number of para-hydroxylation sites is 1. The van der Waals surface area contributed by atoms with Gasteiger partial charge in [-0.3, -0.25) is 9.59 Å². The molecule has 0 atom stereocenters. The molecule has 36 heavy (non-hydrogen) atoms. The van der Waals surface area contributed by atoms with E-state index >= 15 is 0 Å². The average Bonchev–Trinajstić information content (AvgIpc) is 2.87. The van der Waals surface area contributed by atoms with Crippen molar-refractivity contribution in [2.45, 2.75) is 0 Å². The Morgan fingerprint density at radius 3 is 2.33 bits per heavy atom. The third kappa shape index (κ3) is 6.92. The van der Waals surface area contributed by atoms with Crippen LogP contribution in [0.25, 0.3) is 6.08 Å². The molecule has 10 heteroatoms. The monoisotopic (exact) mass is 525 g/mol. The number of halogens is 2. The standard InChI is InChI=1S/C26H21Cl2N3O5/c1-34-22-10-8-18(27)13-21(22)31-26(33)17(14-29)11-16-7-9-23(24(12-16)35-2)36-15-25(32)30-20-6-4-3-5-19(20)28/h3-13H,15H2,1-2H3,(H,30,32)(H,31,33)/b17-11+. The smallest absolute Gasteiger partial charge is 0.266 e. The Kier molecular flexibility index (Phi) is 9.17. The van der Waals surface area contributed by atoms with Crippen LogP contribution in [0.5, 0.6) is 17.2 Å². The summed E-state index contributed by atoms with van der Waals surface area (Å²) in [6, 6.07) is 18.2. The van der Waals surface area contributed by atoms with Gasteiger partial charge in [0, 0.05) is 5.02 Å². The van der Waals surface area contributed by atoms with Crippen molar-refractivity contribution in [2.75, 3.05) is 31.5 Å². The fourth-order valence-electron chi connectivity index (χ4n) is 3.07.